The van der Waals surface area contributed by atoms with E-state index in [1.807, 2.05) is 20.8 Å². The number of hydrogen-bond acceptors (Lipinski definition) is 29. The van der Waals surface area contributed by atoms with Gasteiger partial charge in [-0.15, -0.1) is 0 Å². The van der Waals surface area contributed by atoms with Gasteiger partial charge in [-0.3, -0.25) is 27.8 Å². The van der Waals surface area contributed by atoms with E-state index in [4.69, 9.17) is 74.5 Å². The van der Waals surface area contributed by atoms with Crippen molar-refractivity contribution in [1.82, 2.24) is 14.9 Å². The number of hydrogen-bond donors (Lipinski definition) is 13. The summed E-state index contributed by atoms with van der Waals surface area (Å²) in [7, 11) is -26.3. The van der Waals surface area contributed by atoms with Crippen LogP contribution in [0.4, 0.5) is 16.3 Å². The van der Waals surface area contributed by atoms with Gasteiger partial charge >= 0.3 is 57.3 Å². The molecule has 6 rings (SSSR count). The number of aromatic nitrogens is 2. The van der Waals surface area contributed by atoms with E-state index in [2.05, 4.69) is 61.0 Å². The van der Waals surface area contributed by atoms with Crippen LogP contribution in [-0.4, -0.2) is 185 Å². The molecule has 2 aromatic carbocycles. The first kappa shape index (κ1) is 87.0. The van der Waals surface area contributed by atoms with Gasteiger partial charge in [0.05, 0.1) is 80.9 Å². The molecule has 3 heterocycles. The number of phosphoric acid groups is 3. The number of nitrogen functional groups attached to an aromatic ring is 2. The number of carbonyl (C=O) groups excluding carboxylic acids is 3. The minimum Gasteiger partial charge on any atom is -0.478 e. The summed E-state index contributed by atoms with van der Waals surface area (Å²) in [5.74, 6) is 3.45. The summed E-state index contributed by atoms with van der Waals surface area (Å²) in [4.78, 5) is 104. The predicted molar refractivity (Wildman–Crippen MR) is 374 cm³/mol. The third-order valence-corrected chi connectivity index (χ3v) is 22.0. The van der Waals surface area contributed by atoms with Gasteiger partial charge in [0.2, 0.25) is 10.3 Å². The molecule has 566 valence electrons. The summed E-state index contributed by atoms with van der Waals surface area (Å²) in [6.07, 6.45) is -0.116. The second-order valence-electron chi connectivity index (χ2n) is 22.1. The minimum absolute atomic E-state index is 0.0113. The number of Topliss-reactive ketones (excluding diaryl/α,β-unsaturated/α-hetero) is 1. The Morgan fingerprint density at radius 2 is 1.55 bits per heavy atom. The first-order valence-corrected chi connectivity index (χ1v) is 41.3. The van der Waals surface area contributed by atoms with E-state index in [1.54, 1.807) is 0 Å². The van der Waals surface area contributed by atoms with Crippen molar-refractivity contribution in [3.8, 4) is 34.3 Å². The number of unbranched alkanes of at least 4 members (excludes halogenated alkanes) is 1. The molecule has 45 heteroatoms. The lowest BCUT2D eigenvalue weighted by Gasteiger charge is -2.21. The number of benzene rings is 3. The zero-order chi connectivity index (χ0) is 76.0. The summed E-state index contributed by atoms with van der Waals surface area (Å²) in [5.41, 5.74) is 9.39. The maximum atomic E-state index is 13.4. The molecule has 1 fully saturated rings. The molecule has 1 amide bonds. The Morgan fingerprint density at radius 1 is 0.873 bits per heavy atom. The first-order valence-electron chi connectivity index (χ1n) is 30.3. The molecule has 0 bridgehead atoms. The fraction of sp³-hybridized carbons (Fsp3) is 0.491. The van der Waals surface area contributed by atoms with Crippen molar-refractivity contribution in [2.45, 2.75) is 105 Å². The van der Waals surface area contributed by atoms with Gasteiger partial charge in [-0.05, 0) is 78.5 Å². The molecule has 3 aromatic rings. The van der Waals surface area contributed by atoms with Gasteiger partial charge in [0.1, 0.15) is 25.2 Å². The summed E-state index contributed by atoms with van der Waals surface area (Å²) in [6, 6.07) is 8.79. The molecular formula is C57H78N6O30P3S6+. The zero-order valence-electron chi connectivity index (χ0n) is 54.9. The van der Waals surface area contributed by atoms with E-state index >= 15 is 0 Å². The predicted octanol–water partition coefficient (Wildman–Crippen LogP) is 3.67. The highest BCUT2D eigenvalue weighted by atomic mass is 32.8. The van der Waals surface area contributed by atoms with Crippen molar-refractivity contribution in [3.05, 3.63) is 81.2 Å². The Hall–Kier alpha value is -5.65. The number of carboxylic acid groups (broad SMARTS) is 1. The molecule has 2 aliphatic heterocycles. The Kier molecular flexibility index (Phi) is 33.8. The molecule has 3 unspecified atom stereocenters. The van der Waals surface area contributed by atoms with Crippen molar-refractivity contribution < 1.29 is 139 Å². The highest BCUT2D eigenvalue weighted by Gasteiger charge is 2.44. The number of rotatable bonds is 38. The second kappa shape index (κ2) is 39.6. The smallest absolute Gasteiger partial charge is 0.478 e. The highest BCUT2D eigenvalue weighted by Crippen LogP contribution is 2.66. The topological polar surface area (TPSA) is 548 Å². The minimum atomic E-state index is -5.74. The summed E-state index contributed by atoms with van der Waals surface area (Å²) in [6.45, 7) is 6.93. The highest BCUT2D eigenvalue weighted by molar-refractivity contribution is 8.28. The summed E-state index contributed by atoms with van der Waals surface area (Å²) in [5, 5.41) is 12.5. The number of ether oxygens (including phenoxy) is 7. The summed E-state index contributed by atoms with van der Waals surface area (Å²) < 4.78 is 162. The standard InChI is InChI=1S/C35H41N3O14S3.C22H36N3O16P3S3/c1-35(2,53)12-15-51-34(42)38-13-16-50-18-17-49-14-4-5-27(39)20-6-7-21(33(40)41)24(19-20)28-22-8-10-25(36)31(54(43,44)45)29(22)52-30-23(28)9-11-26(37-3)32(30)55(46,47)48;1-2-47(46)15-37-17-11-19(39-18(17)13-38-43(31,32)41-44(33,34)40-42(28,29)30)25-12-16(21(23)24-22(25)27)7-3-4-8-20(26)36-10-6-5-9-35-14-45/h6-11,19,53H,4-5,12-18,36H2,1-3H3,(H,38,42)(H,40,41)(H,43,44,45)(H,46,47,48);12,17-19,45H,2,4-6,8-11,13-15H2,1H3,(H,31,32)(H,33,34)(H2,23,24,27)(H2,28,29,30)/p+1/t;17-,18+,19+,47?/m.0/s1. The molecule has 102 heavy (non-hydrogen) atoms. The average Bonchev–Trinajstić information content (AvgIpc) is 0.819. The van der Waals surface area contributed by atoms with E-state index in [1.165, 1.54) is 49.6 Å². The van der Waals surface area contributed by atoms with Crippen LogP contribution in [0.25, 0.3) is 33.4 Å². The number of anilines is 2. The molecular weight excluding hydrogens is 1530 g/mol. The van der Waals surface area contributed by atoms with E-state index in [0.29, 0.717) is 31.1 Å². The number of amides is 1. The van der Waals surface area contributed by atoms with E-state index in [-0.39, 0.29) is 139 Å². The quantitative estimate of drug-likeness (QED) is 0.00256. The Bertz CT molecular complexity index is 4390. The SMILES string of the molecule is CCS(=S)CO[C@H]1C[C@H](n2cc(C#CCCC(=O)OCCCCOCS)c(N)nc2=O)O[C@@H]1COP(=O)(O)OP(=O)(O)OP(=O)(O)O.C[NH+]=c1ccc2c(-c3cc(C(=O)CCCOCCOCCNC(=O)OCCC(C)(C)S)ccc3C(=O)O)c3ccc(N)c(S(=O)(=O)O)c3oc-2c1S(=O)(=O)O. The second-order valence-corrected chi connectivity index (χ2v) is 33.8. The van der Waals surface area contributed by atoms with Gasteiger partial charge in [0.15, 0.2) is 22.0 Å². The van der Waals surface area contributed by atoms with Crippen LogP contribution in [0.1, 0.15) is 105 Å². The lowest BCUT2D eigenvalue weighted by molar-refractivity contribution is -0.467. The van der Waals surface area contributed by atoms with Crippen molar-refractivity contribution in [1.29, 1.82) is 0 Å². The molecule has 1 saturated heterocycles. The maximum Gasteiger partial charge on any atom is 0.490 e. The van der Waals surface area contributed by atoms with Gasteiger partial charge in [-0.2, -0.15) is 55.7 Å². The Balaban J connectivity index is 0.000000372. The number of phosphoric ester groups is 1. The number of alkyl carbamates (subject to hydrolysis) is 1. The van der Waals surface area contributed by atoms with Crippen molar-refractivity contribution >= 4 is 136 Å². The van der Waals surface area contributed by atoms with Gasteiger partial charge in [0, 0.05) is 78.1 Å². The van der Waals surface area contributed by atoms with Crippen LogP contribution in [0.3, 0.4) is 0 Å². The van der Waals surface area contributed by atoms with Gasteiger partial charge < -0.3 is 79.0 Å². The number of fused-ring (bicyclic) bond motifs is 2. The Morgan fingerprint density at radius 3 is 2.19 bits per heavy atom. The van der Waals surface area contributed by atoms with Crippen LogP contribution in [0, 0.1) is 11.8 Å². The van der Waals surface area contributed by atoms with Crippen LogP contribution in [0.15, 0.2) is 67.7 Å². The van der Waals surface area contributed by atoms with Crippen LogP contribution in [-0.2, 0) is 106 Å². The monoisotopic (exact) mass is 1610 g/mol. The number of carboxylic acids is 1. The normalized spacial score (nSPS) is 16.6. The van der Waals surface area contributed by atoms with E-state index in [0.717, 1.165) is 17.1 Å². The van der Waals surface area contributed by atoms with Crippen molar-refractivity contribution in [2.24, 2.45) is 0 Å². The number of carbonyl (C=O) groups is 4. The molecule has 6 atom stereocenters. The van der Waals surface area contributed by atoms with Crippen molar-refractivity contribution in [3.63, 3.8) is 0 Å². The van der Waals surface area contributed by atoms with Gasteiger partial charge in [0.25, 0.3) is 10.1 Å². The number of esters is 1. The Labute approximate surface area is 602 Å². The molecule has 0 radical (unpaired) electrons. The number of nitrogens with two attached hydrogens (primary N) is 2. The van der Waals surface area contributed by atoms with Crippen molar-refractivity contribution in [2.75, 3.05) is 95.5 Å². The molecule has 1 aliphatic carbocycles. The third-order valence-electron chi connectivity index (χ3n) is 13.9. The van der Waals surface area contributed by atoms with Crippen LogP contribution in [0.2, 0.25) is 0 Å². The number of thiol groups is 2. The first-order chi connectivity index (χ1) is 47.7. The lowest BCUT2D eigenvalue weighted by Crippen LogP contribution is -2.72. The van der Waals surface area contributed by atoms with Crippen LogP contribution >= 0.6 is 48.7 Å². The molecule has 1 aromatic heterocycles. The summed E-state index contributed by atoms with van der Waals surface area (Å²) >= 11 is 13.6. The molecule has 3 aliphatic rings. The number of nitrogens with one attached hydrogen (secondary N) is 2. The van der Waals surface area contributed by atoms with Gasteiger partial charge in [-0.1, -0.05) is 48.1 Å². The molecule has 0 spiro atoms. The number of aromatic carboxylic acids is 1. The fourth-order valence-corrected chi connectivity index (χ4v) is 14.7. The number of ketones is 1. The average molecular weight is 1610 g/mol. The zero-order valence-corrected chi connectivity index (χ0v) is 62.7. The molecule has 13 N–H and O–H groups in total. The van der Waals surface area contributed by atoms with Crippen LogP contribution in [0.5, 0.6) is 0 Å². The molecule has 36 nitrogen and oxygen atoms in total. The number of nitrogens with zero attached hydrogens (tertiary/aromatic N) is 2. The lowest BCUT2D eigenvalue weighted by atomic mass is 9.88. The molecule has 0 saturated carbocycles. The largest absolute Gasteiger partial charge is 0.490 e. The van der Waals surface area contributed by atoms with E-state index in [9.17, 15) is 78.5 Å². The van der Waals surface area contributed by atoms with Gasteiger partial charge in [-0.25, -0.2) is 33.1 Å². The van der Waals surface area contributed by atoms with E-state index < -0.39 is 135 Å². The fourth-order valence-electron chi connectivity index (χ4n) is 9.22. The van der Waals surface area contributed by atoms with Crippen LogP contribution < -0.4 is 32.8 Å². The third kappa shape index (κ3) is 28.0. The maximum absolute atomic E-state index is 13.4.